The Hall–Kier alpha value is -0.340. The van der Waals surface area contributed by atoms with Crippen molar-refractivity contribution < 1.29 is 4.48 Å². The average molecular weight is 199 g/mol. The molecule has 1 atom stereocenters. The summed E-state index contributed by atoms with van der Waals surface area (Å²) in [5.74, 6) is 0. The molecule has 0 fully saturated rings. The van der Waals surface area contributed by atoms with Crippen LogP contribution in [0.4, 0.5) is 0 Å². The zero-order chi connectivity index (χ0) is 11.0. The molecular weight excluding hydrogens is 172 g/mol. The molecule has 0 bridgehead atoms. The lowest BCUT2D eigenvalue weighted by Crippen LogP contribution is -2.54. The molecule has 0 aliphatic rings. The number of nitrogens with two attached hydrogens (primary N) is 1. The summed E-state index contributed by atoms with van der Waals surface area (Å²) in [5.41, 5.74) is 6.08. The molecule has 14 heavy (non-hydrogen) atoms. The molecule has 0 aromatic heterocycles. The Labute approximate surface area is 89.4 Å². The number of hydrogen-bond acceptors (Lipinski definition) is 1. The second-order valence-electron chi connectivity index (χ2n) is 4.65. The Bertz CT molecular complexity index is 152. The van der Waals surface area contributed by atoms with Gasteiger partial charge in [-0.25, -0.2) is 0 Å². The highest BCUT2D eigenvalue weighted by Crippen LogP contribution is 2.10. The topological polar surface area (TPSA) is 26.0 Å². The molecule has 0 aliphatic heterocycles. The summed E-state index contributed by atoms with van der Waals surface area (Å²) >= 11 is 0. The van der Waals surface area contributed by atoms with E-state index < -0.39 is 0 Å². The van der Waals surface area contributed by atoms with Crippen LogP contribution in [0.25, 0.3) is 0 Å². The van der Waals surface area contributed by atoms with Gasteiger partial charge in [0, 0.05) is 6.42 Å². The second-order valence-corrected chi connectivity index (χ2v) is 4.65. The maximum atomic E-state index is 6.08. The van der Waals surface area contributed by atoms with Gasteiger partial charge in [-0.3, -0.25) is 5.73 Å². The SMILES string of the molecule is C=CCC(N)[N+](C)(C)CCCCCC. The Balaban J connectivity index is 3.75. The van der Waals surface area contributed by atoms with Crippen LogP contribution < -0.4 is 5.73 Å². The number of unbranched alkanes of at least 4 members (excludes halogenated alkanes) is 3. The normalized spacial score (nSPS) is 14.0. The fourth-order valence-corrected chi connectivity index (χ4v) is 1.57. The third kappa shape index (κ3) is 5.40. The lowest BCUT2D eigenvalue weighted by Gasteiger charge is -2.35. The minimum Gasteiger partial charge on any atom is -0.314 e. The first-order valence-corrected chi connectivity index (χ1v) is 5.73. The van der Waals surface area contributed by atoms with Crippen LogP contribution in [0.2, 0.25) is 0 Å². The van der Waals surface area contributed by atoms with Crippen LogP contribution in [0.5, 0.6) is 0 Å². The van der Waals surface area contributed by atoms with Crippen LogP contribution >= 0.6 is 0 Å². The first-order chi connectivity index (χ1) is 6.54. The minimum absolute atomic E-state index is 0.203. The van der Waals surface area contributed by atoms with Crippen molar-refractivity contribution in [3.63, 3.8) is 0 Å². The van der Waals surface area contributed by atoms with E-state index in [0.717, 1.165) is 10.9 Å². The molecule has 2 N–H and O–H groups in total. The third-order valence-electron chi connectivity index (χ3n) is 2.89. The fraction of sp³-hybridized carbons (Fsp3) is 0.833. The molecule has 0 saturated carbocycles. The van der Waals surface area contributed by atoms with Gasteiger partial charge in [-0.15, -0.1) is 6.58 Å². The fourth-order valence-electron chi connectivity index (χ4n) is 1.57. The van der Waals surface area contributed by atoms with Crippen molar-refractivity contribution in [3.8, 4) is 0 Å². The zero-order valence-corrected chi connectivity index (χ0v) is 10.1. The summed E-state index contributed by atoms with van der Waals surface area (Å²) in [6.45, 7) is 7.15. The van der Waals surface area contributed by atoms with Crippen LogP contribution in [0.3, 0.4) is 0 Å². The highest BCUT2D eigenvalue weighted by Gasteiger charge is 2.22. The molecule has 0 spiro atoms. The van der Waals surface area contributed by atoms with E-state index in [1.807, 2.05) is 6.08 Å². The summed E-state index contributed by atoms with van der Waals surface area (Å²) in [5, 5.41) is 0. The lowest BCUT2D eigenvalue weighted by atomic mass is 10.1. The maximum absolute atomic E-state index is 6.08. The van der Waals surface area contributed by atoms with Crippen LogP contribution in [-0.4, -0.2) is 31.3 Å². The molecule has 0 rings (SSSR count). The van der Waals surface area contributed by atoms with E-state index in [9.17, 15) is 0 Å². The van der Waals surface area contributed by atoms with Gasteiger partial charge in [0.05, 0.1) is 20.6 Å². The van der Waals surface area contributed by atoms with E-state index >= 15 is 0 Å². The largest absolute Gasteiger partial charge is 0.314 e. The molecule has 0 radical (unpaired) electrons. The quantitative estimate of drug-likeness (QED) is 0.276. The van der Waals surface area contributed by atoms with Gasteiger partial charge in [-0.2, -0.15) is 0 Å². The Morgan fingerprint density at radius 2 is 1.93 bits per heavy atom. The van der Waals surface area contributed by atoms with Gasteiger partial charge in [0.1, 0.15) is 6.17 Å². The predicted molar refractivity (Wildman–Crippen MR) is 63.9 cm³/mol. The molecule has 1 unspecified atom stereocenters. The molecule has 0 heterocycles. The molecule has 2 heteroatoms. The molecule has 0 saturated heterocycles. The van der Waals surface area contributed by atoms with Gasteiger partial charge in [-0.05, 0) is 12.8 Å². The third-order valence-corrected chi connectivity index (χ3v) is 2.89. The lowest BCUT2D eigenvalue weighted by molar-refractivity contribution is -0.914. The molecule has 84 valence electrons. The van der Waals surface area contributed by atoms with Gasteiger partial charge < -0.3 is 4.48 Å². The predicted octanol–water partition coefficient (Wildman–Crippen LogP) is 2.50. The second kappa shape index (κ2) is 7.02. The minimum atomic E-state index is 0.203. The molecular formula is C12H27N2+. The summed E-state index contributed by atoms with van der Waals surface area (Å²) < 4.78 is 0.912. The van der Waals surface area contributed by atoms with E-state index in [1.165, 1.54) is 32.2 Å². The summed E-state index contributed by atoms with van der Waals surface area (Å²) in [7, 11) is 4.42. The highest BCUT2D eigenvalue weighted by molar-refractivity contribution is 4.69. The van der Waals surface area contributed by atoms with Crippen molar-refractivity contribution in [3.05, 3.63) is 12.7 Å². The summed E-state index contributed by atoms with van der Waals surface area (Å²) in [6.07, 6.45) is 8.28. The molecule has 0 aromatic rings. The van der Waals surface area contributed by atoms with E-state index in [0.29, 0.717) is 0 Å². The Morgan fingerprint density at radius 3 is 2.43 bits per heavy atom. The monoisotopic (exact) mass is 199 g/mol. The highest BCUT2D eigenvalue weighted by atomic mass is 15.4. The number of quaternary nitrogens is 1. The first kappa shape index (κ1) is 13.7. The van der Waals surface area contributed by atoms with Crippen molar-refractivity contribution in [2.24, 2.45) is 5.73 Å². The molecule has 0 aromatic carbocycles. The average Bonchev–Trinajstić information content (AvgIpc) is 2.13. The number of nitrogens with zero attached hydrogens (tertiary/aromatic N) is 1. The van der Waals surface area contributed by atoms with Gasteiger partial charge in [0.25, 0.3) is 0 Å². The van der Waals surface area contributed by atoms with Crippen LogP contribution in [0, 0.1) is 0 Å². The number of rotatable bonds is 8. The smallest absolute Gasteiger partial charge is 0.143 e. The molecule has 0 amide bonds. The van der Waals surface area contributed by atoms with Gasteiger partial charge in [-0.1, -0.05) is 25.8 Å². The van der Waals surface area contributed by atoms with E-state index in [4.69, 9.17) is 5.73 Å². The molecule has 2 nitrogen and oxygen atoms in total. The van der Waals surface area contributed by atoms with E-state index in [2.05, 4.69) is 27.6 Å². The Morgan fingerprint density at radius 1 is 1.29 bits per heavy atom. The van der Waals surface area contributed by atoms with Gasteiger partial charge in [0.15, 0.2) is 0 Å². The van der Waals surface area contributed by atoms with Crippen molar-refractivity contribution in [1.29, 1.82) is 0 Å². The standard InChI is InChI=1S/C12H27N2/c1-5-7-8-9-11-14(3,4)12(13)10-6-2/h6,12H,2,5,7-11,13H2,1,3-4H3/q+1. The van der Waals surface area contributed by atoms with Crippen LogP contribution in [0.1, 0.15) is 39.0 Å². The van der Waals surface area contributed by atoms with Crippen molar-refractivity contribution >= 4 is 0 Å². The van der Waals surface area contributed by atoms with Crippen LogP contribution in [-0.2, 0) is 0 Å². The maximum Gasteiger partial charge on any atom is 0.143 e. The van der Waals surface area contributed by atoms with E-state index in [1.54, 1.807) is 0 Å². The zero-order valence-electron chi connectivity index (χ0n) is 10.1. The van der Waals surface area contributed by atoms with Gasteiger partial charge >= 0.3 is 0 Å². The van der Waals surface area contributed by atoms with Gasteiger partial charge in [0.2, 0.25) is 0 Å². The summed E-state index contributed by atoms with van der Waals surface area (Å²) in [6, 6.07) is 0. The van der Waals surface area contributed by atoms with Crippen molar-refractivity contribution in [2.45, 2.75) is 45.2 Å². The van der Waals surface area contributed by atoms with E-state index in [-0.39, 0.29) is 6.17 Å². The molecule has 0 aliphatic carbocycles. The van der Waals surface area contributed by atoms with Crippen LogP contribution in [0.15, 0.2) is 12.7 Å². The van der Waals surface area contributed by atoms with Crippen molar-refractivity contribution in [1.82, 2.24) is 0 Å². The summed E-state index contributed by atoms with van der Waals surface area (Å²) in [4.78, 5) is 0. The van der Waals surface area contributed by atoms with Crippen molar-refractivity contribution in [2.75, 3.05) is 20.6 Å². The first-order valence-electron chi connectivity index (χ1n) is 5.73. The number of hydrogen-bond donors (Lipinski definition) is 1. The Kier molecular flexibility index (Phi) is 6.85.